The Morgan fingerprint density at radius 3 is 1.80 bits per heavy atom. The highest BCUT2D eigenvalue weighted by Crippen LogP contribution is 2.53. The average Bonchev–Trinajstić information content (AvgIpc) is 2.46. The van der Waals surface area contributed by atoms with Crippen LogP contribution in [0.2, 0.25) is 0 Å². The minimum absolute atomic E-state index is 0.718. The molecule has 0 saturated heterocycles. The molecule has 1 atom stereocenters. The van der Waals surface area contributed by atoms with E-state index in [1.54, 1.807) is 0 Å². The van der Waals surface area contributed by atoms with Gasteiger partial charge in [0.2, 0.25) is 0 Å². The summed E-state index contributed by atoms with van der Waals surface area (Å²) in [6, 6.07) is 0. The van der Waals surface area contributed by atoms with Crippen LogP contribution in [0.1, 0.15) is 53.9 Å². The molecule has 0 aliphatic heterocycles. The molecule has 1 unspecified atom stereocenters. The SMILES string of the molecule is CC.CCCC1CC1(C)C. The van der Waals surface area contributed by atoms with Crippen LogP contribution < -0.4 is 0 Å². The highest BCUT2D eigenvalue weighted by molar-refractivity contribution is 4.94. The Hall–Kier alpha value is 0. The lowest BCUT2D eigenvalue weighted by Crippen LogP contribution is -1.88. The molecule has 0 nitrogen and oxygen atoms in total. The molecule has 1 aliphatic rings. The molecule has 1 fully saturated rings. The summed E-state index contributed by atoms with van der Waals surface area (Å²) >= 11 is 0. The van der Waals surface area contributed by atoms with Crippen LogP contribution in [0.5, 0.6) is 0 Å². The van der Waals surface area contributed by atoms with E-state index in [9.17, 15) is 0 Å². The molecule has 10 heavy (non-hydrogen) atoms. The molecule has 1 aliphatic carbocycles. The van der Waals surface area contributed by atoms with Gasteiger partial charge in [0, 0.05) is 0 Å². The minimum atomic E-state index is 0.718. The van der Waals surface area contributed by atoms with Crippen LogP contribution in [-0.2, 0) is 0 Å². The van der Waals surface area contributed by atoms with Crippen molar-refractivity contribution in [1.29, 1.82) is 0 Å². The zero-order valence-corrected chi connectivity index (χ0v) is 8.20. The van der Waals surface area contributed by atoms with Crippen LogP contribution in [0.4, 0.5) is 0 Å². The molecule has 0 heteroatoms. The van der Waals surface area contributed by atoms with E-state index in [1.807, 2.05) is 13.8 Å². The predicted molar refractivity (Wildman–Crippen MR) is 48.1 cm³/mol. The molecule has 0 N–H and O–H groups in total. The lowest BCUT2D eigenvalue weighted by atomic mass is 10.1. The minimum Gasteiger partial charge on any atom is -0.0683 e. The predicted octanol–water partition coefficient (Wildman–Crippen LogP) is 3.86. The summed E-state index contributed by atoms with van der Waals surface area (Å²) in [6.07, 6.45) is 4.29. The molecule has 0 aromatic heterocycles. The smallest absolute Gasteiger partial charge is 0.0323 e. The summed E-state index contributed by atoms with van der Waals surface area (Å²) in [6.45, 7) is 11.0. The van der Waals surface area contributed by atoms with E-state index in [0.717, 1.165) is 11.3 Å². The summed E-state index contributed by atoms with van der Waals surface area (Å²) in [4.78, 5) is 0. The second-order valence-electron chi connectivity index (χ2n) is 3.68. The monoisotopic (exact) mass is 142 g/mol. The van der Waals surface area contributed by atoms with Gasteiger partial charge in [0.15, 0.2) is 0 Å². The lowest BCUT2D eigenvalue weighted by molar-refractivity contribution is 0.528. The first kappa shape index (κ1) is 10.0. The second-order valence-corrected chi connectivity index (χ2v) is 3.68. The fourth-order valence-corrected chi connectivity index (χ4v) is 1.42. The first-order valence-electron chi connectivity index (χ1n) is 4.67. The van der Waals surface area contributed by atoms with Gasteiger partial charge in [-0.25, -0.2) is 0 Å². The van der Waals surface area contributed by atoms with E-state index < -0.39 is 0 Å². The van der Waals surface area contributed by atoms with Crippen LogP contribution >= 0.6 is 0 Å². The molecule has 62 valence electrons. The van der Waals surface area contributed by atoms with E-state index in [0.29, 0.717) is 0 Å². The Morgan fingerprint density at radius 1 is 1.30 bits per heavy atom. The average molecular weight is 142 g/mol. The van der Waals surface area contributed by atoms with E-state index in [1.165, 1.54) is 19.3 Å². The number of hydrogen-bond acceptors (Lipinski definition) is 0. The van der Waals surface area contributed by atoms with Crippen LogP contribution in [0.15, 0.2) is 0 Å². The van der Waals surface area contributed by atoms with Crippen molar-refractivity contribution >= 4 is 0 Å². The zero-order valence-electron chi connectivity index (χ0n) is 8.20. The van der Waals surface area contributed by atoms with Crippen molar-refractivity contribution in [3.63, 3.8) is 0 Å². The van der Waals surface area contributed by atoms with Gasteiger partial charge >= 0.3 is 0 Å². The van der Waals surface area contributed by atoms with E-state index in [4.69, 9.17) is 0 Å². The normalized spacial score (nSPS) is 26.7. The Labute approximate surface area is 66.0 Å². The van der Waals surface area contributed by atoms with Crippen molar-refractivity contribution in [3.05, 3.63) is 0 Å². The van der Waals surface area contributed by atoms with Crippen molar-refractivity contribution in [3.8, 4) is 0 Å². The third-order valence-corrected chi connectivity index (χ3v) is 2.35. The van der Waals surface area contributed by atoms with Gasteiger partial charge in [-0.2, -0.15) is 0 Å². The van der Waals surface area contributed by atoms with Gasteiger partial charge in [0.05, 0.1) is 0 Å². The van der Waals surface area contributed by atoms with Gasteiger partial charge < -0.3 is 0 Å². The Kier molecular flexibility index (Phi) is 4.00. The van der Waals surface area contributed by atoms with Crippen molar-refractivity contribution in [2.24, 2.45) is 11.3 Å². The molecular formula is C10H22. The topological polar surface area (TPSA) is 0 Å². The largest absolute Gasteiger partial charge is 0.0683 e. The molecule has 1 saturated carbocycles. The Balaban J connectivity index is 0.000000371. The maximum atomic E-state index is 2.37. The molecule has 0 heterocycles. The van der Waals surface area contributed by atoms with Gasteiger partial charge in [-0.3, -0.25) is 0 Å². The van der Waals surface area contributed by atoms with Crippen molar-refractivity contribution in [1.82, 2.24) is 0 Å². The summed E-state index contributed by atoms with van der Waals surface area (Å²) in [5, 5.41) is 0. The molecule has 0 spiro atoms. The fraction of sp³-hybridized carbons (Fsp3) is 1.00. The van der Waals surface area contributed by atoms with Gasteiger partial charge in [0.25, 0.3) is 0 Å². The number of hydrogen-bond donors (Lipinski definition) is 0. The quantitative estimate of drug-likeness (QED) is 0.549. The molecule has 0 bridgehead atoms. The summed E-state index contributed by atoms with van der Waals surface area (Å²) in [5.41, 5.74) is 0.718. The van der Waals surface area contributed by atoms with Gasteiger partial charge in [-0.05, 0) is 17.8 Å². The zero-order chi connectivity index (χ0) is 8.20. The first-order chi connectivity index (χ1) is 4.67. The summed E-state index contributed by atoms with van der Waals surface area (Å²) < 4.78 is 0. The molecular weight excluding hydrogens is 120 g/mol. The lowest BCUT2D eigenvalue weighted by Gasteiger charge is -1.98. The van der Waals surface area contributed by atoms with E-state index >= 15 is 0 Å². The standard InChI is InChI=1S/C8H16.C2H6/c1-4-5-7-6-8(7,2)3;1-2/h7H,4-6H2,1-3H3;1-2H3. The Bertz CT molecular complexity index is 82.0. The van der Waals surface area contributed by atoms with Crippen molar-refractivity contribution in [2.75, 3.05) is 0 Å². The van der Waals surface area contributed by atoms with Crippen molar-refractivity contribution in [2.45, 2.75) is 53.9 Å². The van der Waals surface area contributed by atoms with E-state index in [-0.39, 0.29) is 0 Å². The fourth-order valence-electron chi connectivity index (χ4n) is 1.42. The molecule has 0 aromatic rings. The van der Waals surface area contributed by atoms with Crippen LogP contribution in [0.3, 0.4) is 0 Å². The molecule has 0 amide bonds. The summed E-state index contributed by atoms with van der Waals surface area (Å²) in [5.74, 6) is 1.06. The highest BCUT2D eigenvalue weighted by atomic mass is 14.5. The third-order valence-electron chi connectivity index (χ3n) is 2.35. The van der Waals surface area contributed by atoms with Gasteiger partial charge in [0.1, 0.15) is 0 Å². The maximum Gasteiger partial charge on any atom is -0.0323 e. The Morgan fingerprint density at radius 2 is 1.70 bits per heavy atom. The highest BCUT2D eigenvalue weighted by Gasteiger charge is 2.44. The van der Waals surface area contributed by atoms with Crippen LogP contribution in [-0.4, -0.2) is 0 Å². The van der Waals surface area contributed by atoms with Gasteiger partial charge in [-0.15, -0.1) is 0 Å². The van der Waals surface area contributed by atoms with Crippen LogP contribution in [0, 0.1) is 11.3 Å². The van der Waals surface area contributed by atoms with Crippen LogP contribution in [0.25, 0.3) is 0 Å². The van der Waals surface area contributed by atoms with Crippen molar-refractivity contribution < 1.29 is 0 Å². The molecule has 1 rings (SSSR count). The maximum absolute atomic E-state index is 2.37. The molecule has 0 aromatic carbocycles. The van der Waals surface area contributed by atoms with E-state index in [2.05, 4.69) is 20.8 Å². The first-order valence-corrected chi connectivity index (χ1v) is 4.67. The molecule has 0 radical (unpaired) electrons. The third kappa shape index (κ3) is 2.72. The second kappa shape index (κ2) is 4.00. The summed E-state index contributed by atoms with van der Waals surface area (Å²) in [7, 11) is 0. The number of rotatable bonds is 2. The van der Waals surface area contributed by atoms with Gasteiger partial charge in [-0.1, -0.05) is 47.5 Å².